The lowest BCUT2D eigenvalue weighted by Crippen LogP contribution is -2.37. The summed E-state index contributed by atoms with van der Waals surface area (Å²) >= 11 is 0. The van der Waals surface area contributed by atoms with E-state index in [9.17, 15) is 12.8 Å². The maximum absolute atomic E-state index is 13.6. The van der Waals surface area contributed by atoms with Crippen molar-refractivity contribution in [2.45, 2.75) is 44.9 Å². The molecule has 5 nitrogen and oxygen atoms in total. The molecule has 0 saturated heterocycles. The topological polar surface area (TPSA) is 70.6 Å². The maximum Gasteiger partial charge on any atom is 0.191 e. The first-order valence-electron chi connectivity index (χ1n) is 10.2. The van der Waals surface area contributed by atoms with Crippen LogP contribution in [0.1, 0.15) is 48.4 Å². The predicted octanol–water partition coefficient (Wildman–Crippen LogP) is 4.41. The smallest absolute Gasteiger partial charge is 0.191 e. The number of halogens is 2. The van der Waals surface area contributed by atoms with Crippen LogP contribution >= 0.6 is 24.0 Å². The van der Waals surface area contributed by atoms with Crippen molar-refractivity contribution in [1.82, 2.24) is 10.6 Å². The van der Waals surface area contributed by atoms with E-state index in [1.54, 1.807) is 7.05 Å². The zero-order valence-corrected chi connectivity index (χ0v) is 21.8. The van der Waals surface area contributed by atoms with Gasteiger partial charge in [-0.3, -0.25) is 4.99 Å². The molecular formula is C23H33FIN3O2S. The lowest BCUT2D eigenvalue weighted by molar-refractivity contribution is 0.599. The first kappa shape index (κ1) is 27.4. The van der Waals surface area contributed by atoms with Crippen LogP contribution in [0.25, 0.3) is 0 Å². The molecule has 0 heterocycles. The maximum atomic E-state index is 13.6. The van der Waals surface area contributed by atoms with Crippen molar-refractivity contribution in [1.29, 1.82) is 0 Å². The Hall–Kier alpha value is -1.68. The van der Waals surface area contributed by atoms with Gasteiger partial charge < -0.3 is 10.6 Å². The first-order chi connectivity index (χ1) is 14.2. The van der Waals surface area contributed by atoms with Gasteiger partial charge in [0.1, 0.15) is 5.82 Å². The predicted molar refractivity (Wildman–Crippen MR) is 137 cm³/mol. The lowest BCUT2D eigenvalue weighted by Gasteiger charge is -2.14. The molecule has 0 fully saturated rings. The molecule has 0 bridgehead atoms. The van der Waals surface area contributed by atoms with E-state index in [1.165, 1.54) is 35.6 Å². The molecule has 0 aromatic heterocycles. The van der Waals surface area contributed by atoms with Crippen molar-refractivity contribution in [3.05, 3.63) is 70.5 Å². The highest BCUT2D eigenvalue weighted by Gasteiger charge is 2.11. The monoisotopic (exact) mass is 561 g/mol. The van der Waals surface area contributed by atoms with E-state index in [0.717, 1.165) is 19.4 Å². The molecule has 8 heteroatoms. The van der Waals surface area contributed by atoms with Crippen molar-refractivity contribution in [2.24, 2.45) is 4.99 Å². The minimum Gasteiger partial charge on any atom is -0.356 e. The molecule has 2 rings (SSSR count). The van der Waals surface area contributed by atoms with Crippen molar-refractivity contribution in [2.75, 3.05) is 19.8 Å². The van der Waals surface area contributed by atoms with E-state index >= 15 is 0 Å². The standard InChI is InChI=1S/C23H32FN3O2S.HI/c1-17(2)19-9-7-18(8-10-19)6-5-13-26-23(25-3)27-15-21-14-22(24)12-11-20(21)16-30(4,28)29;/h7-12,14,17H,5-6,13,15-16H2,1-4H3,(H2,25,26,27);1H. The molecule has 0 amide bonds. The number of nitrogens with zero attached hydrogens (tertiary/aromatic N) is 1. The van der Waals surface area contributed by atoms with E-state index in [0.29, 0.717) is 29.5 Å². The summed E-state index contributed by atoms with van der Waals surface area (Å²) in [5.74, 6) is 0.618. The summed E-state index contributed by atoms with van der Waals surface area (Å²) in [6.45, 7) is 5.40. The molecule has 2 aromatic carbocycles. The minimum atomic E-state index is -3.20. The molecule has 172 valence electrons. The molecule has 2 N–H and O–H groups in total. The minimum absolute atomic E-state index is 0. The van der Waals surface area contributed by atoms with Crippen LogP contribution in [0.3, 0.4) is 0 Å². The Morgan fingerprint density at radius 3 is 2.32 bits per heavy atom. The van der Waals surface area contributed by atoms with Gasteiger partial charge in [-0.1, -0.05) is 44.2 Å². The zero-order chi connectivity index (χ0) is 22.1. The van der Waals surface area contributed by atoms with E-state index in [1.807, 2.05) is 0 Å². The van der Waals surface area contributed by atoms with Gasteiger partial charge in [0.2, 0.25) is 0 Å². The largest absolute Gasteiger partial charge is 0.356 e. The highest BCUT2D eigenvalue weighted by molar-refractivity contribution is 14.0. The van der Waals surface area contributed by atoms with Crippen LogP contribution in [0, 0.1) is 5.82 Å². The van der Waals surface area contributed by atoms with Gasteiger partial charge in [0, 0.05) is 26.4 Å². The van der Waals surface area contributed by atoms with Gasteiger partial charge in [0.15, 0.2) is 15.8 Å². The second-order valence-corrected chi connectivity index (χ2v) is 9.98. The van der Waals surface area contributed by atoms with E-state index in [2.05, 4.69) is 53.7 Å². The number of sulfone groups is 1. The van der Waals surface area contributed by atoms with Crippen LogP contribution in [0.15, 0.2) is 47.5 Å². The lowest BCUT2D eigenvalue weighted by atomic mass is 10.0. The fourth-order valence-electron chi connectivity index (χ4n) is 3.15. The second-order valence-electron chi connectivity index (χ2n) is 7.84. The van der Waals surface area contributed by atoms with Crippen molar-refractivity contribution in [3.63, 3.8) is 0 Å². The fraction of sp³-hybridized carbons (Fsp3) is 0.435. The van der Waals surface area contributed by atoms with Gasteiger partial charge in [-0.15, -0.1) is 24.0 Å². The number of nitrogens with one attached hydrogen (secondary N) is 2. The highest BCUT2D eigenvalue weighted by atomic mass is 127. The number of hydrogen-bond acceptors (Lipinski definition) is 3. The Balaban J connectivity index is 0.00000480. The quantitative estimate of drug-likeness (QED) is 0.206. The van der Waals surface area contributed by atoms with Gasteiger partial charge in [-0.05, 0) is 53.1 Å². The Kier molecular flexibility index (Phi) is 11.5. The van der Waals surface area contributed by atoms with Gasteiger partial charge in [-0.2, -0.15) is 0 Å². The summed E-state index contributed by atoms with van der Waals surface area (Å²) in [7, 11) is -1.53. The average molecular weight is 562 g/mol. The Morgan fingerprint density at radius 1 is 1.06 bits per heavy atom. The average Bonchev–Trinajstić information content (AvgIpc) is 2.68. The molecule has 2 aromatic rings. The van der Waals surface area contributed by atoms with E-state index in [-0.39, 0.29) is 29.7 Å². The summed E-state index contributed by atoms with van der Waals surface area (Å²) in [5.41, 5.74) is 3.84. The first-order valence-corrected chi connectivity index (χ1v) is 12.2. The highest BCUT2D eigenvalue weighted by Crippen LogP contribution is 2.16. The zero-order valence-electron chi connectivity index (χ0n) is 18.6. The number of aryl methyl sites for hydroxylation is 1. The molecule has 0 aliphatic heterocycles. The fourth-order valence-corrected chi connectivity index (χ4v) is 4.00. The van der Waals surface area contributed by atoms with Gasteiger partial charge in [0.05, 0.1) is 5.75 Å². The summed E-state index contributed by atoms with van der Waals surface area (Å²) in [6, 6.07) is 12.9. The van der Waals surface area contributed by atoms with Crippen LogP contribution < -0.4 is 10.6 Å². The normalized spacial score (nSPS) is 11.9. The van der Waals surface area contributed by atoms with Crippen molar-refractivity contribution < 1.29 is 12.8 Å². The number of aliphatic imine (C=N–C) groups is 1. The molecule has 0 aliphatic rings. The summed E-state index contributed by atoms with van der Waals surface area (Å²) < 4.78 is 36.9. The van der Waals surface area contributed by atoms with Gasteiger partial charge >= 0.3 is 0 Å². The van der Waals surface area contributed by atoms with Crippen LogP contribution in [0.2, 0.25) is 0 Å². The van der Waals surface area contributed by atoms with E-state index < -0.39 is 15.7 Å². The van der Waals surface area contributed by atoms with Gasteiger partial charge in [0.25, 0.3) is 0 Å². The molecule has 0 unspecified atom stereocenters. The van der Waals surface area contributed by atoms with E-state index in [4.69, 9.17) is 0 Å². The summed E-state index contributed by atoms with van der Waals surface area (Å²) in [5, 5.41) is 6.38. The van der Waals surface area contributed by atoms with Crippen molar-refractivity contribution >= 4 is 39.8 Å². The molecule has 0 aliphatic carbocycles. The molecular weight excluding hydrogens is 528 g/mol. The molecule has 0 spiro atoms. The number of rotatable bonds is 9. The molecule has 31 heavy (non-hydrogen) atoms. The number of benzene rings is 2. The Bertz CT molecular complexity index is 961. The third-order valence-corrected chi connectivity index (χ3v) is 5.67. The number of hydrogen-bond donors (Lipinski definition) is 2. The SMILES string of the molecule is CN=C(NCCCc1ccc(C(C)C)cc1)NCc1cc(F)ccc1CS(C)(=O)=O.I. The number of guanidine groups is 1. The van der Waals surface area contributed by atoms with Gasteiger partial charge in [-0.25, -0.2) is 12.8 Å². The molecule has 0 atom stereocenters. The third kappa shape index (κ3) is 9.99. The third-order valence-electron chi connectivity index (χ3n) is 4.84. The van der Waals surface area contributed by atoms with Crippen LogP contribution in [-0.4, -0.2) is 34.2 Å². The second kappa shape index (κ2) is 13.0. The molecule has 0 saturated carbocycles. The summed E-state index contributed by atoms with van der Waals surface area (Å²) in [6.07, 6.45) is 3.08. The van der Waals surface area contributed by atoms with Crippen molar-refractivity contribution in [3.8, 4) is 0 Å². The van der Waals surface area contributed by atoms with Crippen LogP contribution in [0.5, 0.6) is 0 Å². The summed E-state index contributed by atoms with van der Waals surface area (Å²) in [4.78, 5) is 4.19. The van der Waals surface area contributed by atoms with Crippen LogP contribution in [0.4, 0.5) is 4.39 Å². The van der Waals surface area contributed by atoms with Crippen LogP contribution in [-0.2, 0) is 28.6 Å². The Morgan fingerprint density at radius 2 is 1.74 bits per heavy atom. The molecule has 0 radical (unpaired) electrons. The Labute approximate surface area is 202 Å².